The molecule has 0 aliphatic heterocycles. The summed E-state index contributed by atoms with van der Waals surface area (Å²) in [7, 11) is 0. The van der Waals surface area contributed by atoms with Crippen LogP contribution in [0.4, 0.5) is 4.39 Å². The Labute approximate surface area is 162 Å². The quantitative estimate of drug-likeness (QED) is 0.459. The van der Waals surface area contributed by atoms with E-state index in [4.69, 9.17) is 9.15 Å². The van der Waals surface area contributed by atoms with Crippen LogP contribution in [-0.4, -0.2) is 24.0 Å². The summed E-state index contributed by atoms with van der Waals surface area (Å²) < 4.78 is 23.6. The summed E-state index contributed by atoms with van der Waals surface area (Å²) >= 11 is 0. The van der Waals surface area contributed by atoms with Gasteiger partial charge in [-0.1, -0.05) is 24.3 Å². The molecule has 28 heavy (non-hydrogen) atoms. The van der Waals surface area contributed by atoms with E-state index in [1.54, 1.807) is 19.1 Å². The van der Waals surface area contributed by atoms with Crippen LogP contribution in [0, 0.1) is 12.7 Å². The highest BCUT2D eigenvalue weighted by Crippen LogP contribution is 2.21. The first kappa shape index (κ1) is 19.8. The van der Waals surface area contributed by atoms with Gasteiger partial charge in [-0.3, -0.25) is 9.69 Å². The zero-order valence-electron chi connectivity index (χ0n) is 15.9. The minimum Gasteiger partial charge on any atom is -0.465 e. The molecule has 0 fully saturated rings. The third-order valence-corrected chi connectivity index (χ3v) is 4.36. The number of nitrogens with zero attached hydrogens (tertiary/aromatic N) is 1. The highest BCUT2D eigenvalue weighted by atomic mass is 19.1. The third kappa shape index (κ3) is 5.04. The lowest BCUT2D eigenvalue weighted by Crippen LogP contribution is -2.30. The van der Waals surface area contributed by atoms with Crippen molar-refractivity contribution >= 4 is 16.9 Å². The van der Waals surface area contributed by atoms with Gasteiger partial charge in [0.2, 0.25) is 0 Å². The van der Waals surface area contributed by atoms with Crippen LogP contribution < -0.4 is 5.63 Å². The Hall–Kier alpha value is -2.99. The summed E-state index contributed by atoms with van der Waals surface area (Å²) in [4.78, 5) is 25.9. The second-order valence-electron chi connectivity index (χ2n) is 6.67. The van der Waals surface area contributed by atoms with Crippen molar-refractivity contribution in [2.45, 2.75) is 26.9 Å². The largest absolute Gasteiger partial charge is 0.465 e. The average Bonchev–Trinajstić information content (AvgIpc) is 2.63. The molecule has 0 aliphatic rings. The van der Waals surface area contributed by atoms with Crippen molar-refractivity contribution in [2.24, 2.45) is 0 Å². The Morgan fingerprint density at radius 1 is 1.11 bits per heavy atom. The molecule has 1 heterocycles. The van der Waals surface area contributed by atoms with Crippen molar-refractivity contribution in [3.05, 3.63) is 81.5 Å². The molecule has 0 saturated carbocycles. The number of hydrogen-bond acceptors (Lipinski definition) is 5. The van der Waals surface area contributed by atoms with E-state index in [0.29, 0.717) is 25.3 Å². The first-order valence-corrected chi connectivity index (χ1v) is 9.10. The fourth-order valence-corrected chi connectivity index (χ4v) is 3.11. The summed E-state index contributed by atoms with van der Waals surface area (Å²) in [6.07, 6.45) is 0. The number of rotatable bonds is 7. The van der Waals surface area contributed by atoms with Crippen LogP contribution >= 0.6 is 0 Å². The molecule has 1 aromatic heterocycles. The molecule has 0 radical (unpaired) electrons. The fourth-order valence-electron chi connectivity index (χ4n) is 3.11. The van der Waals surface area contributed by atoms with E-state index in [9.17, 15) is 14.0 Å². The van der Waals surface area contributed by atoms with E-state index >= 15 is 0 Å². The zero-order chi connectivity index (χ0) is 20.1. The molecule has 3 aromatic rings. The number of halogens is 1. The van der Waals surface area contributed by atoms with Gasteiger partial charge in [-0.25, -0.2) is 9.18 Å². The Kier molecular flexibility index (Phi) is 6.21. The smallest absolute Gasteiger partial charge is 0.336 e. The first-order valence-electron chi connectivity index (χ1n) is 9.10. The van der Waals surface area contributed by atoms with Gasteiger partial charge in [0.15, 0.2) is 0 Å². The van der Waals surface area contributed by atoms with Gasteiger partial charge in [-0.15, -0.1) is 0 Å². The molecule has 3 rings (SSSR count). The monoisotopic (exact) mass is 383 g/mol. The van der Waals surface area contributed by atoms with E-state index < -0.39 is 5.63 Å². The Morgan fingerprint density at radius 2 is 1.86 bits per heavy atom. The maximum absolute atomic E-state index is 13.2. The van der Waals surface area contributed by atoms with Crippen molar-refractivity contribution in [1.82, 2.24) is 4.90 Å². The number of carbonyl (C=O) groups excluding carboxylic acids is 1. The molecule has 0 N–H and O–H groups in total. The number of aryl methyl sites for hydroxylation is 1. The number of benzene rings is 2. The average molecular weight is 383 g/mol. The predicted molar refractivity (Wildman–Crippen MR) is 104 cm³/mol. The highest BCUT2D eigenvalue weighted by Gasteiger charge is 2.16. The van der Waals surface area contributed by atoms with Crippen LogP contribution in [0.2, 0.25) is 0 Å². The van der Waals surface area contributed by atoms with Crippen molar-refractivity contribution in [3.8, 4) is 0 Å². The van der Waals surface area contributed by atoms with Crippen molar-refractivity contribution in [1.29, 1.82) is 0 Å². The Morgan fingerprint density at radius 3 is 2.57 bits per heavy atom. The maximum atomic E-state index is 13.2. The zero-order valence-corrected chi connectivity index (χ0v) is 15.9. The molecule has 0 unspecified atom stereocenters. The van der Waals surface area contributed by atoms with Crippen molar-refractivity contribution in [3.63, 3.8) is 0 Å². The van der Waals surface area contributed by atoms with Gasteiger partial charge in [-0.2, -0.15) is 0 Å². The number of esters is 1. The van der Waals surface area contributed by atoms with Crippen LogP contribution in [0.5, 0.6) is 0 Å². The highest BCUT2D eigenvalue weighted by molar-refractivity contribution is 5.80. The van der Waals surface area contributed by atoms with Gasteiger partial charge >= 0.3 is 11.6 Å². The van der Waals surface area contributed by atoms with Crippen LogP contribution in [-0.2, 0) is 22.6 Å². The number of ether oxygens (including phenoxy) is 1. The summed E-state index contributed by atoms with van der Waals surface area (Å²) in [6.45, 7) is 4.78. The molecule has 0 saturated heterocycles. The maximum Gasteiger partial charge on any atom is 0.336 e. The predicted octanol–water partition coefficient (Wildman–Crippen LogP) is 3.81. The summed E-state index contributed by atoms with van der Waals surface area (Å²) in [5.41, 5.74) is 2.68. The lowest BCUT2D eigenvalue weighted by molar-refractivity contribution is -0.144. The second kappa shape index (κ2) is 8.80. The van der Waals surface area contributed by atoms with Crippen LogP contribution in [0.3, 0.4) is 0 Å². The van der Waals surface area contributed by atoms with Crippen LogP contribution in [0.1, 0.15) is 23.6 Å². The van der Waals surface area contributed by atoms with Crippen LogP contribution in [0.15, 0.2) is 57.7 Å². The van der Waals surface area contributed by atoms with Crippen LogP contribution in [0.25, 0.3) is 11.0 Å². The molecule has 0 amide bonds. The Bertz CT molecular complexity index is 1030. The number of fused-ring (bicyclic) bond motifs is 1. The molecule has 5 nitrogen and oxygen atoms in total. The molecule has 0 bridgehead atoms. The normalized spacial score (nSPS) is 11.1. The van der Waals surface area contributed by atoms with E-state index in [0.717, 1.165) is 22.1 Å². The second-order valence-corrected chi connectivity index (χ2v) is 6.67. The lowest BCUT2D eigenvalue weighted by Gasteiger charge is -2.22. The summed E-state index contributed by atoms with van der Waals surface area (Å²) in [5.74, 6) is -0.671. The molecule has 0 aliphatic carbocycles. The standard InChI is InChI=1S/C22H22FNO4/c1-3-27-22(26)14-24(12-16-5-7-18(23)8-6-16)13-17-11-21(25)28-20-10-15(2)4-9-19(17)20/h4-11H,3,12-14H2,1-2H3. The van der Waals surface area contributed by atoms with E-state index in [-0.39, 0.29) is 18.3 Å². The molecule has 146 valence electrons. The van der Waals surface area contributed by atoms with E-state index in [1.807, 2.05) is 30.0 Å². The number of hydrogen-bond donors (Lipinski definition) is 0. The molecule has 6 heteroatoms. The topological polar surface area (TPSA) is 59.8 Å². The first-order chi connectivity index (χ1) is 13.4. The lowest BCUT2D eigenvalue weighted by atomic mass is 10.1. The number of carbonyl (C=O) groups is 1. The van der Waals surface area contributed by atoms with Gasteiger partial charge < -0.3 is 9.15 Å². The fraction of sp³-hybridized carbons (Fsp3) is 0.273. The molecule has 2 aromatic carbocycles. The molecular weight excluding hydrogens is 361 g/mol. The van der Waals surface area contributed by atoms with Crippen molar-refractivity contribution < 1.29 is 18.3 Å². The third-order valence-electron chi connectivity index (χ3n) is 4.36. The van der Waals surface area contributed by atoms with E-state index in [1.165, 1.54) is 18.2 Å². The summed E-state index contributed by atoms with van der Waals surface area (Å²) in [5, 5.41) is 0.818. The Balaban J connectivity index is 1.92. The molecular formula is C22H22FNO4. The van der Waals surface area contributed by atoms with Gasteiger partial charge in [0.25, 0.3) is 0 Å². The molecule has 0 spiro atoms. The van der Waals surface area contributed by atoms with E-state index in [2.05, 4.69) is 0 Å². The SMILES string of the molecule is CCOC(=O)CN(Cc1ccc(F)cc1)Cc1cc(=O)oc2cc(C)ccc12. The van der Waals surface area contributed by atoms with Gasteiger partial charge in [0, 0.05) is 24.5 Å². The van der Waals surface area contributed by atoms with Gasteiger partial charge in [0.05, 0.1) is 13.2 Å². The van der Waals surface area contributed by atoms with Crippen molar-refractivity contribution in [2.75, 3.05) is 13.2 Å². The van der Waals surface area contributed by atoms with Gasteiger partial charge in [0.1, 0.15) is 11.4 Å². The van der Waals surface area contributed by atoms with Gasteiger partial charge in [-0.05, 0) is 48.7 Å². The summed E-state index contributed by atoms with van der Waals surface area (Å²) in [6, 6.07) is 13.2. The minimum atomic E-state index is -0.439. The minimum absolute atomic E-state index is 0.0544. The molecule has 0 atom stereocenters.